The largest absolute Gasteiger partial charge is 0.493 e. The number of nitrogens with one attached hydrogen (secondary N) is 1. The molecule has 3 saturated heterocycles. The van der Waals surface area contributed by atoms with Crippen molar-refractivity contribution in [3.63, 3.8) is 0 Å². The van der Waals surface area contributed by atoms with E-state index in [0.29, 0.717) is 28.5 Å². The second-order valence-corrected chi connectivity index (χ2v) is 18.9. The van der Waals surface area contributed by atoms with Crippen LogP contribution in [0, 0.1) is 5.41 Å². The van der Waals surface area contributed by atoms with Gasteiger partial charge in [0.05, 0.1) is 43.3 Å². The fourth-order valence-electron chi connectivity index (χ4n) is 10.3. The summed E-state index contributed by atoms with van der Waals surface area (Å²) in [6, 6.07) is 24.2. The fourth-order valence-corrected chi connectivity index (χ4v) is 10.4. The highest BCUT2D eigenvalue weighted by atomic mass is 35.5. The number of aromatic nitrogens is 2. The van der Waals surface area contributed by atoms with Crippen molar-refractivity contribution < 1.29 is 28.7 Å². The Labute approximate surface area is 383 Å². The topological polar surface area (TPSA) is 139 Å². The molecule has 4 aliphatic heterocycles. The second-order valence-electron chi connectivity index (χ2n) is 18.5. The molecule has 1 aromatic heterocycles. The Bertz CT molecular complexity index is 2710. The Morgan fingerprint density at radius 3 is 2.32 bits per heavy atom. The summed E-state index contributed by atoms with van der Waals surface area (Å²) in [4.78, 5) is 73.5. The van der Waals surface area contributed by atoms with Crippen LogP contribution in [-0.4, -0.2) is 102 Å². The van der Waals surface area contributed by atoms with Gasteiger partial charge >= 0.3 is 5.69 Å². The van der Waals surface area contributed by atoms with E-state index in [4.69, 9.17) is 21.1 Å². The third kappa shape index (κ3) is 8.61. The number of carbonyl (C=O) groups excluding carboxylic acids is 4. The van der Waals surface area contributed by atoms with Gasteiger partial charge in [-0.25, -0.2) is 4.79 Å². The number of likely N-dealkylation sites (N-methyl/N-ethyl adjacent to an activating group) is 1. The van der Waals surface area contributed by atoms with Gasteiger partial charge in [0.25, 0.3) is 0 Å². The molecule has 1 spiro atoms. The highest BCUT2D eigenvalue weighted by Crippen LogP contribution is 2.44. The van der Waals surface area contributed by atoms with E-state index >= 15 is 0 Å². The zero-order valence-electron chi connectivity index (χ0n) is 37.6. The minimum absolute atomic E-state index is 0.0433. The van der Waals surface area contributed by atoms with Gasteiger partial charge in [0, 0.05) is 69.6 Å². The van der Waals surface area contributed by atoms with Crippen LogP contribution >= 0.6 is 11.6 Å². The molecule has 4 aromatic carbocycles. The van der Waals surface area contributed by atoms with Gasteiger partial charge in [-0.05, 0) is 128 Å². The molecule has 14 nitrogen and oxygen atoms in total. The van der Waals surface area contributed by atoms with Crippen LogP contribution in [0.3, 0.4) is 0 Å². The predicted molar refractivity (Wildman–Crippen MR) is 250 cm³/mol. The second kappa shape index (κ2) is 17.7. The summed E-state index contributed by atoms with van der Waals surface area (Å²) < 4.78 is 14.9. The number of piperidine rings is 2. The van der Waals surface area contributed by atoms with Crippen LogP contribution in [0.2, 0.25) is 5.02 Å². The van der Waals surface area contributed by atoms with Crippen LogP contribution < -0.4 is 30.3 Å². The summed E-state index contributed by atoms with van der Waals surface area (Å²) in [6.07, 6.45) is 3.42. The number of rotatable bonds is 12. The first-order valence-corrected chi connectivity index (χ1v) is 22.9. The third-order valence-corrected chi connectivity index (χ3v) is 14.0. The molecule has 9 rings (SSSR count). The number of amides is 4. The standard InChI is InChI=1S/C50H56ClN7O7/c1-31(2)65-43-27-38-34(25-42(43)64-5)26-45(60)57(47(38)33-7-9-35(51)10-8-33)37-13-11-36(12-14-37)53(3)28-46(61)56-22-19-50(20-23-56)29-55(30-50)21-18-32-6-15-39-41(24-32)54(4)49(63)58(39)40-16-17-44(59)52-48(40)62/h6-15,24-25,27,31,40,47H,16-23,26,28-30H2,1-5H3,(H,52,59,62)/t40?,47-/m0/s1. The van der Waals surface area contributed by atoms with Crippen LogP contribution in [-0.2, 0) is 39.1 Å². The van der Waals surface area contributed by atoms with Gasteiger partial charge in [-0.3, -0.25) is 33.6 Å². The smallest absolute Gasteiger partial charge is 0.329 e. The molecular formula is C50H56ClN7O7. The predicted octanol–water partition coefficient (Wildman–Crippen LogP) is 6.05. The molecule has 4 aliphatic rings. The molecule has 65 heavy (non-hydrogen) atoms. The highest BCUT2D eigenvalue weighted by molar-refractivity contribution is 6.30. The Hall–Kier alpha value is -6.12. The minimum Gasteiger partial charge on any atom is -0.493 e. The van der Waals surface area contributed by atoms with Gasteiger partial charge < -0.3 is 29.1 Å². The average molecular weight is 902 g/mol. The third-order valence-electron chi connectivity index (χ3n) is 13.8. The van der Waals surface area contributed by atoms with Crippen molar-refractivity contribution in [2.75, 3.05) is 63.2 Å². The van der Waals surface area contributed by atoms with Crippen LogP contribution in [0.1, 0.15) is 73.9 Å². The lowest BCUT2D eigenvalue weighted by Crippen LogP contribution is -2.61. The molecule has 3 fully saturated rings. The van der Waals surface area contributed by atoms with E-state index in [1.54, 1.807) is 18.7 Å². The number of fused-ring (bicyclic) bond motifs is 2. The van der Waals surface area contributed by atoms with Crippen molar-refractivity contribution in [1.29, 1.82) is 0 Å². The number of methoxy groups -OCH3 is 1. The first-order valence-electron chi connectivity index (χ1n) is 22.5. The maximum atomic E-state index is 14.0. The number of likely N-dealkylation sites (tertiary alicyclic amines) is 2. The Morgan fingerprint density at radius 1 is 0.923 bits per heavy atom. The summed E-state index contributed by atoms with van der Waals surface area (Å²) >= 11 is 6.31. The molecule has 1 unspecified atom stereocenters. The molecule has 0 saturated carbocycles. The van der Waals surface area contributed by atoms with Gasteiger partial charge in [-0.2, -0.15) is 0 Å². The van der Waals surface area contributed by atoms with Gasteiger partial charge in [0.1, 0.15) is 6.04 Å². The molecule has 0 radical (unpaired) electrons. The van der Waals surface area contributed by atoms with Crippen LogP contribution in [0.4, 0.5) is 11.4 Å². The van der Waals surface area contributed by atoms with E-state index in [-0.39, 0.29) is 54.3 Å². The maximum Gasteiger partial charge on any atom is 0.329 e. The molecule has 5 heterocycles. The number of aryl methyl sites for hydroxylation is 1. The number of anilines is 2. The Morgan fingerprint density at radius 2 is 1.65 bits per heavy atom. The molecule has 340 valence electrons. The number of imide groups is 1. The number of benzene rings is 4. The van der Waals surface area contributed by atoms with E-state index in [9.17, 15) is 24.0 Å². The molecular weight excluding hydrogens is 846 g/mol. The van der Waals surface area contributed by atoms with E-state index < -0.39 is 18.0 Å². The zero-order chi connectivity index (χ0) is 45.7. The van der Waals surface area contributed by atoms with E-state index in [2.05, 4.69) is 10.2 Å². The molecule has 15 heteroatoms. The molecule has 4 amide bonds. The van der Waals surface area contributed by atoms with Crippen molar-refractivity contribution in [3.05, 3.63) is 117 Å². The maximum absolute atomic E-state index is 14.0. The molecule has 0 aliphatic carbocycles. The van der Waals surface area contributed by atoms with Crippen LogP contribution in [0.25, 0.3) is 11.0 Å². The Balaban J connectivity index is 0.796. The van der Waals surface area contributed by atoms with Crippen LogP contribution in [0.5, 0.6) is 11.5 Å². The lowest BCUT2D eigenvalue weighted by molar-refractivity contribution is -0.136. The first-order chi connectivity index (χ1) is 31.2. The van der Waals surface area contributed by atoms with Gasteiger partial charge in [-0.15, -0.1) is 0 Å². The van der Waals surface area contributed by atoms with E-state index in [1.807, 2.05) is 114 Å². The number of carbonyl (C=O) groups is 4. The molecule has 5 aromatic rings. The van der Waals surface area contributed by atoms with Gasteiger partial charge in [-0.1, -0.05) is 29.8 Å². The van der Waals surface area contributed by atoms with Crippen molar-refractivity contribution in [3.8, 4) is 11.5 Å². The highest BCUT2D eigenvalue weighted by Gasteiger charge is 2.45. The summed E-state index contributed by atoms with van der Waals surface area (Å²) in [7, 11) is 5.25. The lowest BCUT2D eigenvalue weighted by Gasteiger charge is -2.54. The van der Waals surface area contributed by atoms with Crippen molar-refractivity contribution in [2.45, 2.75) is 70.6 Å². The minimum atomic E-state index is -0.700. The zero-order valence-corrected chi connectivity index (χ0v) is 38.4. The normalized spacial score (nSPS) is 19.6. The van der Waals surface area contributed by atoms with Gasteiger partial charge in [0.2, 0.25) is 23.6 Å². The monoisotopic (exact) mass is 901 g/mol. The quantitative estimate of drug-likeness (QED) is 0.149. The van der Waals surface area contributed by atoms with Crippen molar-refractivity contribution in [2.24, 2.45) is 12.5 Å². The first kappa shape index (κ1) is 44.1. The number of hydrogen-bond acceptors (Lipinski definition) is 9. The molecule has 0 bridgehead atoms. The van der Waals surface area contributed by atoms with Crippen LogP contribution in [0.15, 0.2) is 83.7 Å². The van der Waals surface area contributed by atoms with Gasteiger partial charge in [0.15, 0.2) is 11.5 Å². The SMILES string of the molecule is COc1cc2c(cc1OC(C)C)[C@H](c1ccc(Cl)cc1)N(c1ccc(N(C)CC(=O)N3CCC4(CC3)CN(CCc3ccc5c(c3)n(C)c(=O)n5C3CCC(=O)NC3=O)C4)cc1)C(=O)C2. The number of hydrogen-bond donors (Lipinski definition) is 1. The number of nitrogens with zero attached hydrogens (tertiary/aromatic N) is 6. The van der Waals surface area contributed by atoms with Crippen molar-refractivity contribution in [1.82, 2.24) is 24.3 Å². The summed E-state index contributed by atoms with van der Waals surface area (Å²) in [5, 5.41) is 2.98. The number of imidazole rings is 1. The van der Waals surface area contributed by atoms with E-state index in [0.717, 1.165) is 91.1 Å². The fraction of sp³-hybridized carbons (Fsp3) is 0.420. The summed E-state index contributed by atoms with van der Waals surface area (Å²) in [5.41, 5.74) is 6.92. The summed E-state index contributed by atoms with van der Waals surface area (Å²) in [6.45, 7) is 8.54. The Kier molecular flexibility index (Phi) is 12.0. The van der Waals surface area contributed by atoms with Crippen molar-refractivity contribution >= 4 is 57.6 Å². The lowest BCUT2D eigenvalue weighted by atomic mass is 9.72. The van der Waals surface area contributed by atoms with E-state index in [1.165, 1.54) is 4.57 Å². The summed E-state index contributed by atoms with van der Waals surface area (Å²) in [5.74, 6) is 0.523. The number of ether oxygens (including phenoxy) is 2. The average Bonchev–Trinajstić information content (AvgIpc) is 3.52. The molecule has 2 atom stereocenters. The molecule has 1 N–H and O–H groups in total. The number of halogens is 1.